The van der Waals surface area contributed by atoms with Crippen LogP contribution in [0, 0.1) is 0 Å². The number of amides is 1. The van der Waals surface area contributed by atoms with Crippen molar-refractivity contribution < 1.29 is 33.3 Å². The first kappa shape index (κ1) is 17.3. The van der Waals surface area contributed by atoms with Gasteiger partial charge in [-0.1, -0.05) is 0 Å². The molecule has 1 atom stereocenters. The number of esters is 1. The molecule has 0 spiro atoms. The minimum absolute atomic E-state index is 0.235. The van der Waals surface area contributed by atoms with E-state index in [4.69, 9.17) is 23.7 Å². The van der Waals surface area contributed by atoms with Gasteiger partial charge in [-0.15, -0.1) is 0 Å². The highest BCUT2D eigenvalue weighted by molar-refractivity contribution is 5.93. The van der Waals surface area contributed by atoms with Crippen LogP contribution in [0.25, 0.3) is 0 Å². The number of nitrogens with zero attached hydrogens (tertiary/aromatic N) is 1. The highest BCUT2D eigenvalue weighted by atomic mass is 16.6. The van der Waals surface area contributed by atoms with Crippen molar-refractivity contribution in [1.29, 1.82) is 0 Å². The number of carbonyl (C=O) groups excluding carboxylic acids is 2. The first-order chi connectivity index (χ1) is 12.1. The molecule has 2 heterocycles. The Morgan fingerprint density at radius 1 is 1.12 bits per heavy atom. The largest absolute Gasteiger partial charge is 0.493 e. The van der Waals surface area contributed by atoms with Gasteiger partial charge < -0.3 is 28.6 Å². The summed E-state index contributed by atoms with van der Waals surface area (Å²) in [6.07, 6.45) is -0.884. The summed E-state index contributed by atoms with van der Waals surface area (Å²) in [6, 6.07) is 3.05. The van der Waals surface area contributed by atoms with Gasteiger partial charge in [0.25, 0.3) is 5.91 Å². The van der Waals surface area contributed by atoms with Crippen LogP contribution in [0.4, 0.5) is 0 Å². The second kappa shape index (κ2) is 7.60. The van der Waals surface area contributed by atoms with Crippen molar-refractivity contribution in [3.63, 3.8) is 0 Å². The number of hydrogen-bond acceptors (Lipinski definition) is 7. The summed E-state index contributed by atoms with van der Waals surface area (Å²) in [7, 11) is 1.48. The fourth-order valence-corrected chi connectivity index (χ4v) is 2.71. The summed E-state index contributed by atoms with van der Waals surface area (Å²) >= 11 is 0. The van der Waals surface area contributed by atoms with E-state index in [1.54, 1.807) is 11.8 Å². The van der Waals surface area contributed by atoms with Crippen LogP contribution >= 0.6 is 0 Å². The number of morpholine rings is 1. The molecule has 2 aliphatic heterocycles. The number of methoxy groups -OCH3 is 1. The van der Waals surface area contributed by atoms with Gasteiger partial charge in [-0.2, -0.15) is 0 Å². The van der Waals surface area contributed by atoms with E-state index in [9.17, 15) is 9.59 Å². The summed E-state index contributed by atoms with van der Waals surface area (Å²) in [5.74, 6) is 0.411. The summed E-state index contributed by atoms with van der Waals surface area (Å²) in [5.41, 5.74) is 0.239. The molecular formula is C17H21NO7. The highest BCUT2D eigenvalue weighted by Crippen LogP contribution is 2.40. The zero-order chi connectivity index (χ0) is 17.8. The third-order valence-electron chi connectivity index (χ3n) is 4.02. The maximum atomic E-state index is 12.4. The van der Waals surface area contributed by atoms with E-state index in [1.165, 1.54) is 19.2 Å². The Kier molecular flexibility index (Phi) is 5.28. The summed E-state index contributed by atoms with van der Waals surface area (Å²) in [6.45, 7) is 4.35. The number of benzene rings is 1. The zero-order valence-electron chi connectivity index (χ0n) is 14.3. The van der Waals surface area contributed by atoms with E-state index in [-0.39, 0.29) is 11.5 Å². The molecule has 1 aromatic carbocycles. The monoisotopic (exact) mass is 351 g/mol. The number of hydrogen-bond donors (Lipinski definition) is 0. The highest BCUT2D eigenvalue weighted by Gasteiger charge is 2.27. The van der Waals surface area contributed by atoms with E-state index in [0.29, 0.717) is 56.8 Å². The molecule has 1 saturated heterocycles. The average Bonchev–Trinajstić information content (AvgIpc) is 2.67. The molecule has 3 rings (SSSR count). The van der Waals surface area contributed by atoms with Gasteiger partial charge in [0.2, 0.25) is 5.75 Å². The van der Waals surface area contributed by atoms with Crippen molar-refractivity contribution in [2.75, 3.05) is 46.6 Å². The summed E-state index contributed by atoms with van der Waals surface area (Å²) < 4.78 is 26.8. The Bertz CT molecular complexity index is 637. The molecule has 0 bridgehead atoms. The van der Waals surface area contributed by atoms with Gasteiger partial charge in [0.05, 0.1) is 25.9 Å². The Labute approximate surface area is 145 Å². The third kappa shape index (κ3) is 3.79. The van der Waals surface area contributed by atoms with E-state index in [2.05, 4.69) is 0 Å². The van der Waals surface area contributed by atoms with Crippen LogP contribution in [0.15, 0.2) is 12.1 Å². The molecule has 8 heteroatoms. The fraction of sp³-hybridized carbons (Fsp3) is 0.529. The van der Waals surface area contributed by atoms with Crippen molar-refractivity contribution in [3.8, 4) is 17.2 Å². The van der Waals surface area contributed by atoms with E-state index >= 15 is 0 Å². The van der Waals surface area contributed by atoms with Crippen LogP contribution in [0.5, 0.6) is 17.2 Å². The van der Waals surface area contributed by atoms with Gasteiger partial charge >= 0.3 is 5.97 Å². The van der Waals surface area contributed by atoms with Crippen molar-refractivity contribution in [2.45, 2.75) is 13.0 Å². The first-order valence-corrected chi connectivity index (χ1v) is 8.15. The molecule has 1 unspecified atom stereocenters. The fourth-order valence-electron chi connectivity index (χ4n) is 2.71. The molecule has 1 aromatic rings. The Hall–Kier alpha value is -2.48. The van der Waals surface area contributed by atoms with Crippen LogP contribution < -0.4 is 14.2 Å². The lowest BCUT2D eigenvalue weighted by Gasteiger charge is -2.29. The first-order valence-electron chi connectivity index (χ1n) is 8.15. The number of ether oxygens (including phenoxy) is 5. The van der Waals surface area contributed by atoms with Crippen LogP contribution in [-0.2, 0) is 14.3 Å². The van der Waals surface area contributed by atoms with Gasteiger partial charge in [0, 0.05) is 13.1 Å². The normalized spacial score (nSPS) is 17.6. The van der Waals surface area contributed by atoms with Gasteiger partial charge in [-0.3, -0.25) is 4.79 Å². The van der Waals surface area contributed by atoms with Crippen molar-refractivity contribution >= 4 is 11.9 Å². The van der Waals surface area contributed by atoms with Crippen LogP contribution in [0.2, 0.25) is 0 Å². The SMILES string of the molecule is COc1cc(C(=O)OC(C)C(=O)N2CCOCC2)cc2c1OCCO2. The Morgan fingerprint density at radius 2 is 1.84 bits per heavy atom. The van der Waals surface area contributed by atoms with Gasteiger partial charge in [0.1, 0.15) is 13.2 Å². The molecule has 0 aliphatic carbocycles. The van der Waals surface area contributed by atoms with E-state index in [1.807, 2.05) is 0 Å². The number of carbonyl (C=O) groups is 2. The molecule has 25 heavy (non-hydrogen) atoms. The van der Waals surface area contributed by atoms with Crippen LogP contribution in [0.1, 0.15) is 17.3 Å². The summed E-state index contributed by atoms with van der Waals surface area (Å²) in [5, 5.41) is 0. The van der Waals surface area contributed by atoms with Crippen LogP contribution in [0.3, 0.4) is 0 Å². The minimum Gasteiger partial charge on any atom is -0.493 e. The average molecular weight is 351 g/mol. The molecule has 2 aliphatic rings. The van der Waals surface area contributed by atoms with Gasteiger partial charge in [-0.05, 0) is 19.1 Å². The van der Waals surface area contributed by atoms with Crippen molar-refractivity contribution in [2.24, 2.45) is 0 Å². The molecular weight excluding hydrogens is 330 g/mol. The molecule has 136 valence electrons. The maximum Gasteiger partial charge on any atom is 0.339 e. The predicted molar refractivity (Wildman–Crippen MR) is 86.3 cm³/mol. The maximum absolute atomic E-state index is 12.4. The second-order valence-corrected chi connectivity index (χ2v) is 5.69. The van der Waals surface area contributed by atoms with Crippen molar-refractivity contribution in [3.05, 3.63) is 17.7 Å². The smallest absolute Gasteiger partial charge is 0.339 e. The standard InChI is InChI=1S/C17H21NO7/c1-11(16(19)18-3-5-22-6-4-18)25-17(20)12-9-13(21-2)15-14(10-12)23-7-8-24-15/h9-11H,3-8H2,1-2H3. The topological polar surface area (TPSA) is 83.5 Å². The molecule has 1 amide bonds. The predicted octanol–water partition coefficient (Wildman–Crippen LogP) is 0.870. The second-order valence-electron chi connectivity index (χ2n) is 5.69. The molecule has 0 N–H and O–H groups in total. The van der Waals surface area contributed by atoms with Gasteiger partial charge in [0.15, 0.2) is 17.6 Å². The van der Waals surface area contributed by atoms with Crippen LogP contribution in [-0.4, -0.2) is 69.5 Å². The quantitative estimate of drug-likeness (QED) is 0.744. The van der Waals surface area contributed by atoms with E-state index in [0.717, 1.165) is 0 Å². The Morgan fingerprint density at radius 3 is 2.56 bits per heavy atom. The summed E-state index contributed by atoms with van der Waals surface area (Å²) in [4.78, 5) is 26.4. The van der Waals surface area contributed by atoms with Crippen molar-refractivity contribution in [1.82, 2.24) is 4.90 Å². The zero-order valence-corrected chi connectivity index (χ0v) is 14.3. The molecule has 0 radical (unpaired) electrons. The molecule has 8 nitrogen and oxygen atoms in total. The molecule has 0 saturated carbocycles. The number of fused-ring (bicyclic) bond motifs is 1. The minimum atomic E-state index is -0.884. The third-order valence-corrected chi connectivity index (χ3v) is 4.02. The lowest BCUT2D eigenvalue weighted by atomic mass is 10.1. The Balaban J connectivity index is 1.71. The molecule has 0 aromatic heterocycles. The lowest BCUT2D eigenvalue weighted by molar-refractivity contribution is -0.143. The van der Waals surface area contributed by atoms with E-state index < -0.39 is 12.1 Å². The molecule has 1 fully saturated rings. The van der Waals surface area contributed by atoms with Gasteiger partial charge in [-0.25, -0.2) is 4.79 Å². The lowest BCUT2D eigenvalue weighted by Crippen LogP contribution is -2.46. The number of rotatable bonds is 4.